The molecule has 0 spiro atoms. The van der Waals surface area contributed by atoms with Crippen molar-refractivity contribution >= 4 is 0 Å². The quantitative estimate of drug-likeness (QED) is 0.691. The van der Waals surface area contributed by atoms with Gasteiger partial charge in [-0.3, -0.25) is 0 Å². The number of para-hydroxylation sites is 1. The fourth-order valence-electron chi connectivity index (χ4n) is 4.05. The van der Waals surface area contributed by atoms with Crippen molar-refractivity contribution in [3.8, 4) is 16.9 Å². The first-order valence-electron chi connectivity index (χ1n) is 8.20. The van der Waals surface area contributed by atoms with E-state index in [2.05, 4.69) is 73.7 Å². The van der Waals surface area contributed by atoms with E-state index in [9.17, 15) is 0 Å². The standard InChI is InChI=1S/C21H22O/c1-21(14-16-11-12-18(21)13-16)15-22-20-10-6-5-9-19(20)17-7-3-2-4-8-17/h2-12,16,18H,13-15H2,1H3. The van der Waals surface area contributed by atoms with Crippen molar-refractivity contribution in [2.45, 2.75) is 19.8 Å². The summed E-state index contributed by atoms with van der Waals surface area (Å²) >= 11 is 0. The van der Waals surface area contributed by atoms with Gasteiger partial charge in [0.2, 0.25) is 0 Å². The van der Waals surface area contributed by atoms with Crippen molar-refractivity contribution in [2.24, 2.45) is 17.3 Å². The van der Waals surface area contributed by atoms with Gasteiger partial charge in [-0.2, -0.15) is 0 Å². The fourth-order valence-corrected chi connectivity index (χ4v) is 4.05. The smallest absolute Gasteiger partial charge is 0.127 e. The van der Waals surface area contributed by atoms with Crippen molar-refractivity contribution in [3.63, 3.8) is 0 Å². The summed E-state index contributed by atoms with van der Waals surface area (Å²) < 4.78 is 6.30. The summed E-state index contributed by atoms with van der Waals surface area (Å²) in [7, 11) is 0. The number of benzene rings is 2. The Labute approximate surface area is 132 Å². The lowest BCUT2D eigenvalue weighted by Gasteiger charge is -2.31. The van der Waals surface area contributed by atoms with Crippen molar-refractivity contribution in [1.29, 1.82) is 0 Å². The van der Waals surface area contributed by atoms with Crippen molar-refractivity contribution in [2.75, 3.05) is 6.61 Å². The van der Waals surface area contributed by atoms with Crippen LogP contribution in [-0.4, -0.2) is 6.61 Å². The summed E-state index contributed by atoms with van der Waals surface area (Å²) in [6.45, 7) is 3.19. The van der Waals surface area contributed by atoms with Gasteiger partial charge in [0.1, 0.15) is 5.75 Å². The Morgan fingerprint density at radius 1 is 1.00 bits per heavy atom. The highest BCUT2D eigenvalue weighted by Gasteiger charge is 2.45. The molecule has 3 atom stereocenters. The molecule has 1 fully saturated rings. The molecule has 0 N–H and O–H groups in total. The second kappa shape index (κ2) is 5.31. The minimum absolute atomic E-state index is 0.295. The fraction of sp³-hybridized carbons (Fsp3) is 0.333. The van der Waals surface area contributed by atoms with Crippen LogP contribution in [0.2, 0.25) is 0 Å². The maximum Gasteiger partial charge on any atom is 0.127 e. The van der Waals surface area contributed by atoms with E-state index in [1.807, 2.05) is 0 Å². The first kappa shape index (κ1) is 13.6. The van der Waals surface area contributed by atoms with E-state index in [0.29, 0.717) is 11.3 Å². The van der Waals surface area contributed by atoms with Gasteiger partial charge in [-0.05, 0) is 36.3 Å². The summed E-state index contributed by atoms with van der Waals surface area (Å²) in [5, 5.41) is 0. The molecule has 2 aliphatic rings. The third-order valence-corrected chi connectivity index (χ3v) is 5.33. The number of fused-ring (bicyclic) bond motifs is 2. The molecule has 0 amide bonds. The van der Waals surface area contributed by atoms with Gasteiger partial charge >= 0.3 is 0 Å². The Bertz CT molecular complexity index is 688. The Hall–Kier alpha value is -2.02. The van der Waals surface area contributed by atoms with E-state index in [4.69, 9.17) is 4.74 Å². The predicted molar refractivity (Wildman–Crippen MR) is 90.8 cm³/mol. The third-order valence-electron chi connectivity index (χ3n) is 5.33. The normalized spacial score (nSPS) is 29.0. The van der Waals surface area contributed by atoms with Crippen molar-refractivity contribution < 1.29 is 4.74 Å². The van der Waals surface area contributed by atoms with Crippen LogP contribution in [0, 0.1) is 17.3 Å². The summed E-state index contributed by atoms with van der Waals surface area (Å²) in [6.07, 6.45) is 7.38. The lowest BCUT2D eigenvalue weighted by molar-refractivity contribution is 0.134. The molecule has 1 heteroatoms. The highest BCUT2D eigenvalue weighted by molar-refractivity contribution is 5.70. The highest BCUT2D eigenvalue weighted by Crippen LogP contribution is 2.52. The molecule has 2 bridgehead atoms. The molecule has 0 saturated heterocycles. The molecular formula is C21H22O. The molecule has 2 aliphatic carbocycles. The van der Waals surface area contributed by atoms with E-state index in [0.717, 1.165) is 18.3 Å². The van der Waals surface area contributed by atoms with Gasteiger partial charge in [-0.25, -0.2) is 0 Å². The van der Waals surface area contributed by atoms with Crippen LogP contribution >= 0.6 is 0 Å². The predicted octanol–water partition coefficient (Wildman–Crippen LogP) is 5.33. The first-order valence-corrected chi connectivity index (χ1v) is 8.20. The molecule has 4 rings (SSSR count). The summed E-state index contributed by atoms with van der Waals surface area (Å²) in [6, 6.07) is 18.9. The summed E-state index contributed by atoms with van der Waals surface area (Å²) in [4.78, 5) is 0. The van der Waals surface area contributed by atoms with E-state index in [1.54, 1.807) is 0 Å². The van der Waals surface area contributed by atoms with Gasteiger partial charge in [-0.1, -0.05) is 67.6 Å². The molecule has 22 heavy (non-hydrogen) atoms. The summed E-state index contributed by atoms with van der Waals surface area (Å²) in [5.41, 5.74) is 2.70. The zero-order valence-electron chi connectivity index (χ0n) is 13.0. The van der Waals surface area contributed by atoms with Gasteiger partial charge in [-0.15, -0.1) is 0 Å². The number of hydrogen-bond donors (Lipinski definition) is 0. The zero-order valence-corrected chi connectivity index (χ0v) is 13.0. The molecule has 0 heterocycles. The second-order valence-corrected chi connectivity index (χ2v) is 7.00. The third kappa shape index (κ3) is 2.35. The van der Waals surface area contributed by atoms with E-state index < -0.39 is 0 Å². The topological polar surface area (TPSA) is 9.23 Å². The van der Waals surface area contributed by atoms with Gasteiger partial charge in [0, 0.05) is 11.0 Å². The SMILES string of the molecule is CC1(COc2ccccc2-c2ccccc2)CC2C=CC1C2. The van der Waals surface area contributed by atoms with Crippen LogP contribution in [0.5, 0.6) is 5.75 Å². The van der Waals surface area contributed by atoms with Gasteiger partial charge < -0.3 is 4.74 Å². The Morgan fingerprint density at radius 3 is 2.50 bits per heavy atom. The number of allylic oxidation sites excluding steroid dienone is 2. The van der Waals surface area contributed by atoms with Crippen LogP contribution in [-0.2, 0) is 0 Å². The molecule has 1 nitrogen and oxygen atoms in total. The maximum atomic E-state index is 6.30. The van der Waals surface area contributed by atoms with Crippen LogP contribution in [0.4, 0.5) is 0 Å². The Kier molecular flexibility index (Phi) is 3.29. The first-order chi connectivity index (χ1) is 10.7. The van der Waals surface area contributed by atoms with Crippen LogP contribution in [0.1, 0.15) is 19.8 Å². The molecule has 2 aromatic carbocycles. The second-order valence-electron chi connectivity index (χ2n) is 7.00. The summed E-state index contributed by atoms with van der Waals surface area (Å²) in [5.74, 6) is 2.48. The minimum atomic E-state index is 0.295. The van der Waals surface area contributed by atoms with Crippen LogP contribution in [0.3, 0.4) is 0 Å². The molecule has 0 radical (unpaired) electrons. The lowest BCUT2D eigenvalue weighted by atomic mass is 9.78. The lowest BCUT2D eigenvalue weighted by Crippen LogP contribution is -2.29. The zero-order chi connectivity index (χ0) is 15.0. The van der Waals surface area contributed by atoms with Crippen LogP contribution in [0.15, 0.2) is 66.7 Å². The molecule has 3 unspecified atom stereocenters. The van der Waals surface area contributed by atoms with E-state index in [1.165, 1.54) is 24.0 Å². The number of hydrogen-bond acceptors (Lipinski definition) is 1. The number of ether oxygens (including phenoxy) is 1. The molecule has 0 aliphatic heterocycles. The highest BCUT2D eigenvalue weighted by atomic mass is 16.5. The average Bonchev–Trinajstić information content (AvgIpc) is 3.15. The van der Waals surface area contributed by atoms with E-state index >= 15 is 0 Å². The Balaban J connectivity index is 1.56. The van der Waals surface area contributed by atoms with Crippen LogP contribution in [0.25, 0.3) is 11.1 Å². The molecule has 1 saturated carbocycles. The van der Waals surface area contributed by atoms with Gasteiger partial charge in [0.25, 0.3) is 0 Å². The molecular weight excluding hydrogens is 268 g/mol. The molecule has 2 aromatic rings. The van der Waals surface area contributed by atoms with E-state index in [-0.39, 0.29) is 0 Å². The van der Waals surface area contributed by atoms with Crippen LogP contribution < -0.4 is 4.74 Å². The Morgan fingerprint density at radius 2 is 1.77 bits per heavy atom. The van der Waals surface area contributed by atoms with Crippen molar-refractivity contribution in [1.82, 2.24) is 0 Å². The molecule has 112 valence electrons. The van der Waals surface area contributed by atoms with Gasteiger partial charge in [0.05, 0.1) is 6.61 Å². The largest absolute Gasteiger partial charge is 0.492 e. The minimum Gasteiger partial charge on any atom is -0.492 e. The monoisotopic (exact) mass is 290 g/mol. The molecule has 0 aromatic heterocycles. The van der Waals surface area contributed by atoms with Gasteiger partial charge in [0.15, 0.2) is 0 Å². The average molecular weight is 290 g/mol. The van der Waals surface area contributed by atoms with Crippen molar-refractivity contribution in [3.05, 3.63) is 66.7 Å². The number of rotatable bonds is 4. The maximum absolute atomic E-state index is 6.30.